The third kappa shape index (κ3) is 2.69. The summed E-state index contributed by atoms with van der Waals surface area (Å²) in [6.45, 7) is 7.63. The molecule has 7 nitrogen and oxygen atoms in total. The zero-order valence-electron chi connectivity index (χ0n) is 18.6. The molecule has 5 N–H and O–H groups in total. The van der Waals surface area contributed by atoms with Gasteiger partial charge >= 0.3 is 0 Å². The van der Waals surface area contributed by atoms with Gasteiger partial charge in [0.25, 0.3) is 5.91 Å². The summed E-state index contributed by atoms with van der Waals surface area (Å²) in [7, 11) is 1.81. The first-order chi connectivity index (χ1) is 14.6. The maximum Gasteiger partial charge on any atom is 0.254 e. The molecule has 1 unspecified atom stereocenters. The van der Waals surface area contributed by atoms with E-state index < -0.39 is 0 Å². The van der Waals surface area contributed by atoms with Crippen LogP contribution in [-0.2, 0) is 11.8 Å². The summed E-state index contributed by atoms with van der Waals surface area (Å²) in [5.74, 6) is 6.11. The Morgan fingerprint density at radius 3 is 2.77 bits per heavy atom. The summed E-state index contributed by atoms with van der Waals surface area (Å²) in [5, 5.41) is 1.59. The van der Waals surface area contributed by atoms with Crippen LogP contribution in [0.4, 0.5) is 11.4 Å². The fourth-order valence-electron chi connectivity index (χ4n) is 5.75. The lowest BCUT2D eigenvalue weighted by Crippen LogP contribution is -2.64. The van der Waals surface area contributed by atoms with E-state index in [9.17, 15) is 4.79 Å². The van der Waals surface area contributed by atoms with E-state index in [1.165, 1.54) is 11.1 Å². The first kappa shape index (κ1) is 19.9. The number of aromatic nitrogens is 2. The van der Waals surface area contributed by atoms with Gasteiger partial charge in [-0.2, -0.15) is 0 Å². The van der Waals surface area contributed by atoms with Crippen molar-refractivity contribution in [1.29, 1.82) is 0 Å². The minimum absolute atomic E-state index is 0.0753. The highest BCUT2D eigenvalue weighted by atomic mass is 16.2. The lowest BCUT2D eigenvalue weighted by Gasteiger charge is -2.61. The maximum atomic E-state index is 13.6. The molecule has 1 aromatic heterocycles. The summed E-state index contributed by atoms with van der Waals surface area (Å²) in [6, 6.07) is 9.99. The molecule has 0 spiro atoms. The Bertz CT molecular complexity index is 1200. The molecular weight excluding hydrogens is 388 g/mol. The third-order valence-corrected chi connectivity index (χ3v) is 8.05. The van der Waals surface area contributed by atoms with Gasteiger partial charge < -0.3 is 20.6 Å². The number of anilines is 2. The molecule has 2 atom stereocenters. The van der Waals surface area contributed by atoms with Gasteiger partial charge in [0.15, 0.2) is 0 Å². The van der Waals surface area contributed by atoms with E-state index in [-0.39, 0.29) is 22.8 Å². The smallest absolute Gasteiger partial charge is 0.254 e. The van der Waals surface area contributed by atoms with Gasteiger partial charge in [-0.3, -0.25) is 4.79 Å². The van der Waals surface area contributed by atoms with Crippen molar-refractivity contribution in [2.75, 3.05) is 24.3 Å². The van der Waals surface area contributed by atoms with Crippen molar-refractivity contribution < 1.29 is 4.79 Å². The number of aromatic amines is 1. The Labute approximate surface area is 182 Å². The summed E-state index contributed by atoms with van der Waals surface area (Å²) >= 11 is 0. The number of H-pyrrole nitrogens is 1. The van der Waals surface area contributed by atoms with E-state index in [4.69, 9.17) is 11.6 Å². The SMILES string of the molecule is CN(N)c1cc2c(cc1N)CC1N(C(=O)c3ccc4nc[nH]c4c3)CC[C@]2(C)C1(C)C. The Balaban J connectivity index is 1.57. The van der Waals surface area contributed by atoms with E-state index in [2.05, 4.69) is 47.8 Å². The van der Waals surface area contributed by atoms with E-state index in [0.29, 0.717) is 11.3 Å². The van der Waals surface area contributed by atoms with Crippen molar-refractivity contribution in [3.63, 3.8) is 0 Å². The fraction of sp³-hybridized carbons (Fsp3) is 0.417. The molecule has 1 aliphatic heterocycles. The van der Waals surface area contributed by atoms with Gasteiger partial charge in [0, 0.05) is 30.6 Å². The van der Waals surface area contributed by atoms with Crippen LogP contribution in [0, 0.1) is 5.41 Å². The molecule has 1 saturated heterocycles. The van der Waals surface area contributed by atoms with E-state index in [1.807, 2.05) is 25.2 Å². The first-order valence-electron chi connectivity index (χ1n) is 10.8. The molecular formula is C24H30N6O. The monoisotopic (exact) mass is 418 g/mol. The van der Waals surface area contributed by atoms with Gasteiger partial charge in [-0.15, -0.1) is 0 Å². The van der Waals surface area contributed by atoms with Crippen LogP contribution >= 0.6 is 0 Å². The van der Waals surface area contributed by atoms with Gasteiger partial charge in [0.1, 0.15) is 0 Å². The van der Waals surface area contributed by atoms with Crippen molar-refractivity contribution in [3.8, 4) is 0 Å². The number of fused-ring (bicyclic) bond motifs is 5. The van der Waals surface area contributed by atoms with E-state index in [1.54, 1.807) is 11.3 Å². The number of hydrogen-bond acceptors (Lipinski definition) is 5. The predicted octanol–water partition coefficient (Wildman–Crippen LogP) is 3.21. The number of benzene rings is 2. The molecule has 2 aromatic carbocycles. The lowest BCUT2D eigenvalue weighted by molar-refractivity contribution is -0.0261. The Hall–Kier alpha value is -3.06. The molecule has 2 heterocycles. The van der Waals surface area contributed by atoms with E-state index >= 15 is 0 Å². The number of hydrogen-bond donors (Lipinski definition) is 3. The van der Waals surface area contributed by atoms with Crippen molar-refractivity contribution in [2.24, 2.45) is 11.3 Å². The van der Waals surface area contributed by atoms with Crippen molar-refractivity contribution >= 4 is 28.3 Å². The van der Waals surface area contributed by atoms with Gasteiger partial charge in [-0.1, -0.05) is 20.8 Å². The van der Waals surface area contributed by atoms with Crippen LogP contribution in [-0.4, -0.2) is 40.4 Å². The van der Waals surface area contributed by atoms with E-state index in [0.717, 1.165) is 36.1 Å². The van der Waals surface area contributed by atoms with Gasteiger partial charge in [0.2, 0.25) is 0 Å². The molecule has 1 aliphatic carbocycles. The number of carbonyl (C=O) groups excluding carboxylic acids is 1. The summed E-state index contributed by atoms with van der Waals surface area (Å²) in [4.78, 5) is 23.1. The van der Waals surface area contributed by atoms with Crippen molar-refractivity contribution in [1.82, 2.24) is 14.9 Å². The number of nitrogens with one attached hydrogen (secondary N) is 1. The minimum Gasteiger partial charge on any atom is -0.397 e. The standard InChI is InChI=1S/C24H30N6O/c1-23(2)21-11-15-9-17(25)20(29(4)26)12-16(15)24(23,3)7-8-30(21)22(31)14-5-6-18-19(10-14)28-13-27-18/h5-6,9-10,12-13,21H,7-8,11,25-26H2,1-4H3,(H,27,28)/t21?,24-/m0/s1. The molecule has 0 saturated carbocycles. The summed E-state index contributed by atoms with van der Waals surface area (Å²) < 4.78 is 0. The van der Waals surface area contributed by atoms with Gasteiger partial charge in [-0.05, 0) is 59.7 Å². The molecule has 5 rings (SSSR count). The number of nitrogen functional groups attached to an aromatic ring is 1. The molecule has 2 aliphatic rings. The van der Waals surface area contributed by atoms with Crippen LogP contribution < -0.4 is 16.6 Å². The number of likely N-dealkylation sites (tertiary alicyclic amines) is 1. The third-order valence-electron chi connectivity index (χ3n) is 8.05. The average molecular weight is 419 g/mol. The Morgan fingerprint density at radius 1 is 1.26 bits per heavy atom. The zero-order valence-corrected chi connectivity index (χ0v) is 18.6. The molecule has 31 heavy (non-hydrogen) atoms. The number of nitrogens with two attached hydrogens (primary N) is 2. The topological polar surface area (TPSA) is 104 Å². The summed E-state index contributed by atoms with van der Waals surface area (Å²) in [6.07, 6.45) is 3.33. The highest BCUT2D eigenvalue weighted by molar-refractivity contribution is 5.97. The Morgan fingerprint density at radius 2 is 2.03 bits per heavy atom. The number of imidazole rings is 1. The van der Waals surface area contributed by atoms with Crippen LogP contribution in [0.15, 0.2) is 36.7 Å². The predicted molar refractivity (Wildman–Crippen MR) is 124 cm³/mol. The molecule has 7 heteroatoms. The van der Waals surface area contributed by atoms with Gasteiger partial charge in [-0.25, -0.2) is 10.8 Å². The Kier molecular flexibility index (Phi) is 4.15. The molecule has 1 amide bonds. The van der Waals surface area contributed by atoms with Crippen LogP contribution in [0.2, 0.25) is 0 Å². The van der Waals surface area contributed by atoms with Crippen molar-refractivity contribution in [2.45, 2.75) is 45.1 Å². The normalized spacial score (nSPS) is 24.2. The fourth-order valence-corrected chi connectivity index (χ4v) is 5.75. The summed E-state index contributed by atoms with van der Waals surface area (Å²) in [5.41, 5.74) is 12.6. The minimum atomic E-state index is -0.105. The second-order valence-electron chi connectivity index (χ2n) is 9.84. The van der Waals surface area contributed by atoms with Gasteiger partial charge in [0.05, 0.1) is 28.7 Å². The number of rotatable bonds is 2. The quantitative estimate of drug-likeness (QED) is 0.337. The van der Waals surface area contributed by atoms with Crippen LogP contribution in [0.5, 0.6) is 0 Å². The lowest BCUT2D eigenvalue weighted by atomic mass is 9.51. The number of nitrogens with zero attached hydrogens (tertiary/aromatic N) is 3. The molecule has 2 bridgehead atoms. The van der Waals surface area contributed by atoms with Crippen molar-refractivity contribution in [3.05, 3.63) is 53.3 Å². The highest BCUT2D eigenvalue weighted by Gasteiger charge is 2.57. The number of hydrazine groups is 1. The largest absolute Gasteiger partial charge is 0.397 e. The molecule has 162 valence electrons. The highest BCUT2D eigenvalue weighted by Crippen LogP contribution is 2.57. The molecule has 3 aromatic rings. The first-order valence-corrected chi connectivity index (χ1v) is 10.8. The maximum absolute atomic E-state index is 13.6. The zero-order chi connectivity index (χ0) is 22.1. The van der Waals surface area contributed by atoms with Crippen LogP contribution in [0.3, 0.4) is 0 Å². The molecule has 1 fully saturated rings. The second-order valence-corrected chi connectivity index (χ2v) is 9.84. The van der Waals surface area contributed by atoms with Crippen LogP contribution in [0.25, 0.3) is 11.0 Å². The van der Waals surface area contributed by atoms with Crippen LogP contribution in [0.1, 0.15) is 48.7 Å². The number of carbonyl (C=O) groups is 1. The number of amides is 1. The second kappa shape index (κ2) is 6.47. The molecule has 0 radical (unpaired) electrons. The number of piperidine rings is 1. The average Bonchev–Trinajstić information content (AvgIpc) is 3.17.